The topological polar surface area (TPSA) is 53.1 Å². The molecule has 0 spiro atoms. The summed E-state index contributed by atoms with van der Waals surface area (Å²) in [5.41, 5.74) is 5.89. The van der Waals surface area contributed by atoms with Gasteiger partial charge in [-0.2, -0.15) is 5.10 Å². The van der Waals surface area contributed by atoms with Crippen LogP contribution in [-0.2, 0) is 0 Å². The first kappa shape index (κ1) is 12.6. The normalized spacial score (nSPS) is 11.5. The van der Waals surface area contributed by atoms with Crippen molar-refractivity contribution in [2.45, 2.75) is 0 Å². The monoisotopic (exact) mass is 286 g/mol. The van der Waals surface area contributed by atoms with Crippen LogP contribution in [0, 0.1) is 0 Å². The summed E-state index contributed by atoms with van der Waals surface area (Å²) in [6.45, 7) is 0. The van der Waals surface area contributed by atoms with Crippen molar-refractivity contribution in [1.29, 1.82) is 0 Å². The number of rotatable bonds is 3. The number of nitrogens with zero attached hydrogens (tertiary/aromatic N) is 2. The van der Waals surface area contributed by atoms with Gasteiger partial charge in [0.15, 0.2) is 0 Å². The average Bonchev–Trinajstić information content (AvgIpc) is 2.97. The molecule has 0 saturated carbocycles. The Labute approximate surface area is 127 Å². The van der Waals surface area contributed by atoms with Crippen LogP contribution in [0.1, 0.15) is 5.56 Å². The van der Waals surface area contributed by atoms with Crippen molar-refractivity contribution < 1.29 is 0 Å². The molecule has 4 nitrogen and oxygen atoms in total. The molecule has 0 atom stereocenters. The quantitative estimate of drug-likeness (QED) is 0.439. The van der Waals surface area contributed by atoms with Gasteiger partial charge in [0.25, 0.3) is 0 Å². The van der Waals surface area contributed by atoms with E-state index >= 15 is 0 Å². The molecule has 0 unspecified atom stereocenters. The molecule has 4 aromatic rings. The SMILES string of the molecule is C(=N\Nc1nc2ccccc2[nH]1)/c1ccc2ccccc2c1. The fourth-order valence-corrected chi connectivity index (χ4v) is 2.46. The number of aromatic amines is 1. The van der Waals surface area contributed by atoms with Crippen LogP contribution in [-0.4, -0.2) is 16.2 Å². The van der Waals surface area contributed by atoms with Gasteiger partial charge in [0.2, 0.25) is 5.95 Å². The maximum absolute atomic E-state index is 4.41. The Balaban J connectivity index is 1.55. The van der Waals surface area contributed by atoms with Crippen LogP contribution in [0.2, 0.25) is 0 Å². The van der Waals surface area contributed by atoms with Crippen molar-refractivity contribution in [2.75, 3.05) is 5.43 Å². The van der Waals surface area contributed by atoms with Gasteiger partial charge in [0, 0.05) is 0 Å². The minimum Gasteiger partial charge on any atom is -0.323 e. The van der Waals surface area contributed by atoms with Crippen molar-refractivity contribution in [3.8, 4) is 0 Å². The third-order valence-electron chi connectivity index (χ3n) is 3.55. The van der Waals surface area contributed by atoms with Gasteiger partial charge in [-0.1, -0.05) is 48.5 Å². The Hall–Kier alpha value is -3.14. The van der Waals surface area contributed by atoms with E-state index in [0.717, 1.165) is 16.6 Å². The number of aromatic nitrogens is 2. The molecule has 0 radical (unpaired) electrons. The molecule has 1 aromatic heterocycles. The minimum absolute atomic E-state index is 0.637. The third kappa shape index (κ3) is 2.42. The zero-order valence-electron chi connectivity index (χ0n) is 11.8. The number of anilines is 1. The number of H-pyrrole nitrogens is 1. The molecule has 4 rings (SSSR count). The number of imidazole rings is 1. The lowest BCUT2D eigenvalue weighted by atomic mass is 10.1. The molecule has 0 aliphatic heterocycles. The molecule has 0 aliphatic carbocycles. The molecule has 106 valence electrons. The number of para-hydroxylation sites is 2. The summed E-state index contributed by atoms with van der Waals surface area (Å²) >= 11 is 0. The van der Waals surface area contributed by atoms with E-state index in [0.29, 0.717) is 5.95 Å². The number of hydrogen-bond donors (Lipinski definition) is 2. The maximum Gasteiger partial charge on any atom is 0.222 e. The van der Waals surface area contributed by atoms with Crippen LogP contribution in [0.5, 0.6) is 0 Å². The number of nitrogens with one attached hydrogen (secondary N) is 2. The van der Waals surface area contributed by atoms with Crippen molar-refractivity contribution in [1.82, 2.24) is 9.97 Å². The molecule has 0 bridgehead atoms. The molecule has 0 fully saturated rings. The van der Waals surface area contributed by atoms with Crippen molar-refractivity contribution >= 4 is 34.0 Å². The van der Waals surface area contributed by atoms with E-state index < -0.39 is 0 Å². The highest BCUT2D eigenvalue weighted by Gasteiger charge is 1.99. The van der Waals surface area contributed by atoms with Gasteiger partial charge in [-0.3, -0.25) is 0 Å². The van der Waals surface area contributed by atoms with Crippen molar-refractivity contribution in [3.05, 3.63) is 72.3 Å². The Kier molecular flexibility index (Phi) is 3.05. The van der Waals surface area contributed by atoms with E-state index in [2.05, 4.69) is 44.8 Å². The average molecular weight is 286 g/mol. The Morgan fingerprint density at radius 2 is 1.73 bits per heavy atom. The highest BCUT2D eigenvalue weighted by Crippen LogP contribution is 2.15. The minimum atomic E-state index is 0.637. The van der Waals surface area contributed by atoms with Gasteiger partial charge < -0.3 is 4.98 Å². The number of benzene rings is 3. The van der Waals surface area contributed by atoms with Gasteiger partial charge >= 0.3 is 0 Å². The number of hydrazone groups is 1. The molecule has 22 heavy (non-hydrogen) atoms. The molecule has 0 amide bonds. The van der Waals surface area contributed by atoms with Crippen LogP contribution < -0.4 is 5.43 Å². The molecule has 2 N–H and O–H groups in total. The largest absolute Gasteiger partial charge is 0.323 e. The van der Waals surface area contributed by atoms with Crippen molar-refractivity contribution in [2.24, 2.45) is 5.10 Å². The molecular formula is C18H14N4. The van der Waals surface area contributed by atoms with Crippen LogP contribution in [0.4, 0.5) is 5.95 Å². The lowest BCUT2D eigenvalue weighted by Crippen LogP contribution is -1.92. The molecule has 1 heterocycles. The molecule has 0 saturated heterocycles. The maximum atomic E-state index is 4.41. The molecule has 0 aliphatic rings. The Bertz CT molecular complexity index is 936. The number of hydrogen-bond acceptors (Lipinski definition) is 3. The van der Waals surface area contributed by atoms with Crippen LogP contribution in [0.15, 0.2) is 71.8 Å². The lowest BCUT2D eigenvalue weighted by molar-refractivity contribution is 1.21. The van der Waals surface area contributed by atoms with E-state index in [-0.39, 0.29) is 0 Å². The predicted molar refractivity (Wildman–Crippen MR) is 91.3 cm³/mol. The molecule has 3 aromatic carbocycles. The van der Waals surface area contributed by atoms with E-state index in [9.17, 15) is 0 Å². The Morgan fingerprint density at radius 1 is 0.909 bits per heavy atom. The van der Waals surface area contributed by atoms with E-state index in [4.69, 9.17) is 0 Å². The summed E-state index contributed by atoms with van der Waals surface area (Å²) in [4.78, 5) is 7.59. The van der Waals surface area contributed by atoms with Gasteiger partial charge in [-0.25, -0.2) is 10.4 Å². The van der Waals surface area contributed by atoms with Crippen LogP contribution in [0.3, 0.4) is 0 Å². The smallest absolute Gasteiger partial charge is 0.222 e. The summed E-state index contributed by atoms with van der Waals surface area (Å²) in [7, 11) is 0. The fourth-order valence-electron chi connectivity index (χ4n) is 2.46. The first-order valence-corrected chi connectivity index (χ1v) is 7.11. The second-order valence-corrected chi connectivity index (χ2v) is 5.08. The van der Waals surface area contributed by atoms with Crippen LogP contribution >= 0.6 is 0 Å². The molecular weight excluding hydrogens is 272 g/mol. The second kappa shape index (κ2) is 5.33. The van der Waals surface area contributed by atoms with Crippen molar-refractivity contribution in [3.63, 3.8) is 0 Å². The van der Waals surface area contributed by atoms with Gasteiger partial charge in [-0.15, -0.1) is 0 Å². The summed E-state index contributed by atoms with van der Waals surface area (Å²) in [6, 6.07) is 22.4. The fraction of sp³-hybridized carbons (Fsp3) is 0. The van der Waals surface area contributed by atoms with Gasteiger partial charge in [0.1, 0.15) is 0 Å². The van der Waals surface area contributed by atoms with E-state index in [1.165, 1.54) is 10.8 Å². The first-order chi connectivity index (χ1) is 10.9. The zero-order chi connectivity index (χ0) is 14.8. The second-order valence-electron chi connectivity index (χ2n) is 5.08. The lowest BCUT2D eigenvalue weighted by Gasteiger charge is -1.99. The third-order valence-corrected chi connectivity index (χ3v) is 3.55. The highest BCUT2D eigenvalue weighted by molar-refractivity contribution is 5.90. The summed E-state index contributed by atoms with van der Waals surface area (Å²) in [5, 5.41) is 6.68. The van der Waals surface area contributed by atoms with E-state index in [1.807, 2.05) is 42.5 Å². The van der Waals surface area contributed by atoms with Crippen LogP contribution in [0.25, 0.3) is 21.8 Å². The van der Waals surface area contributed by atoms with Gasteiger partial charge in [-0.05, 0) is 34.5 Å². The summed E-state index contributed by atoms with van der Waals surface area (Å²) in [6.07, 6.45) is 1.79. The number of fused-ring (bicyclic) bond motifs is 2. The summed E-state index contributed by atoms with van der Waals surface area (Å²) in [5.74, 6) is 0.637. The standard InChI is InChI=1S/C18H14N4/c1-2-6-15-11-13(9-10-14(15)5-1)12-19-22-18-20-16-7-3-4-8-17(16)21-18/h1-12H,(H2,20,21,22)/b19-12+. The van der Waals surface area contributed by atoms with E-state index in [1.54, 1.807) is 6.21 Å². The molecule has 4 heteroatoms. The Morgan fingerprint density at radius 3 is 2.64 bits per heavy atom. The zero-order valence-corrected chi connectivity index (χ0v) is 11.8. The highest BCUT2D eigenvalue weighted by atomic mass is 15.3. The predicted octanol–water partition coefficient (Wildman–Crippen LogP) is 4.16. The first-order valence-electron chi connectivity index (χ1n) is 7.11. The summed E-state index contributed by atoms with van der Waals surface area (Å²) < 4.78 is 0. The van der Waals surface area contributed by atoms with Gasteiger partial charge in [0.05, 0.1) is 17.2 Å².